The highest BCUT2D eigenvalue weighted by atomic mass is 16.6. The number of rotatable bonds is 2. The van der Waals surface area contributed by atoms with Crippen LogP contribution in [0.4, 0.5) is 0 Å². The summed E-state index contributed by atoms with van der Waals surface area (Å²) < 4.78 is 10.0. The lowest BCUT2D eigenvalue weighted by Gasteiger charge is -2.32. The molecule has 0 saturated heterocycles. The van der Waals surface area contributed by atoms with Crippen molar-refractivity contribution in [3.63, 3.8) is 0 Å². The second-order valence-corrected chi connectivity index (χ2v) is 10.2. The molecule has 2 aliphatic heterocycles. The maximum absolute atomic E-state index is 14.4. The van der Waals surface area contributed by atoms with Crippen LogP contribution in [-0.2, 0) is 38.9 Å². The van der Waals surface area contributed by atoms with Crippen LogP contribution in [0.5, 0.6) is 0 Å². The Kier molecular flexibility index (Phi) is 5.94. The molecule has 0 fully saturated rings. The number of ketones is 1. The summed E-state index contributed by atoms with van der Waals surface area (Å²) in [6, 6.07) is 13.8. The maximum Gasteiger partial charge on any atom is 0.341 e. The van der Waals surface area contributed by atoms with Gasteiger partial charge in [-0.1, -0.05) is 72.8 Å². The van der Waals surface area contributed by atoms with E-state index < -0.39 is 40.5 Å². The summed E-state index contributed by atoms with van der Waals surface area (Å²) in [6.07, 6.45) is 7.63. The van der Waals surface area contributed by atoms with E-state index >= 15 is 0 Å². The lowest BCUT2D eigenvalue weighted by molar-refractivity contribution is -0.162. The Balaban J connectivity index is 1.80. The third-order valence-electron chi connectivity index (χ3n) is 7.04. The smallest absolute Gasteiger partial charge is 0.341 e. The van der Waals surface area contributed by atoms with Gasteiger partial charge in [0.1, 0.15) is 5.41 Å². The highest BCUT2D eigenvalue weighted by Crippen LogP contribution is 2.40. The van der Waals surface area contributed by atoms with Crippen LogP contribution in [0.15, 0.2) is 78.4 Å². The van der Waals surface area contributed by atoms with Crippen LogP contribution in [0.3, 0.4) is 0 Å². The molecule has 0 spiro atoms. The first-order valence-corrected chi connectivity index (χ1v) is 12.1. The molecule has 2 aromatic carbocycles. The lowest BCUT2D eigenvalue weighted by atomic mass is 9.73. The van der Waals surface area contributed by atoms with E-state index in [0.717, 1.165) is 0 Å². The van der Waals surface area contributed by atoms with Crippen LogP contribution < -0.4 is 10.4 Å². The van der Waals surface area contributed by atoms with Crippen molar-refractivity contribution in [2.24, 2.45) is 5.41 Å². The van der Waals surface area contributed by atoms with Gasteiger partial charge < -0.3 is 9.47 Å². The van der Waals surface area contributed by atoms with Crippen molar-refractivity contribution >= 4 is 46.9 Å². The Morgan fingerprint density at radius 1 is 0.868 bits per heavy atom. The Bertz CT molecular complexity index is 1670. The molecule has 0 saturated carbocycles. The van der Waals surface area contributed by atoms with Gasteiger partial charge in [0.05, 0.1) is 5.41 Å². The molecule has 1 atom stereocenters. The van der Waals surface area contributed by atoms with Crippen LogP contribution in [0.25, 0.3) is 17.2 Å². The second kappa shape index (κ2) is 9.03. The number of hydrogen-bond acceptors (Lipinski definition) is 7. The Morgan fingerprint density at radius 2 is 1.58 bits per heavy atom. The molecule has 190 valence electrons. The highest BCUT2D eigenvalue weighted by Gasteiger charge is 2.44. The third-order valence-corrected chi connectivity index (χ3v) is 7.04. The summed E-state index contributed by atoms with van der Waals surface area (Å²) in [6.45, 7) is 4.84. The fourth-order valence-electron chi connectivity index (χ4n) is 4.80. The van der Waals surface area contributed by atoms with Crippen LogP contribution in [0.1, 0.15) is 38.3 Å². The number of carbonyl (C=O) groups is 5. The molecule has 0 amide bonds. The zero-order valence-corrected chi connectivity index (χ0v) is 21.1. The fraction of sp³-hybridized carbons (Fsp3) is 0.194. The van der Waals surface area contributed by atoms with Gasteiger partial charge in [-0.05, 0) is 48.8 Å². The van der Waals surface area contributed by atoms with Crippen LogP contribution in [0, 0.1) is 5.41 Å². The van der Waals surface area contributed by atoms with Crippen molar-refractivity contribution in [3.05, 3.63) is 100.0 Å². The van der Waals surface area contributed by atoms with Gasteiger partial charge >= 0.3 is 23.9 Å². The van der Waals surface area contributed by atoms with Crippen molar-refractivity contribution in [2.75, 3.05) is 0 Å². The van der Waals surface area contributed by atoms with E-state index in [0.29, 0.717) is 21.6 Å². The molecular weight excluding hydrogens is 484 g/mol. The van der Waals surface area contributed by atoms with Gasteiger partial charge in [0.2, 0.25) is 0 Å². The Morgan fingerprint density at radius 3 is 2.37 bits per heavy atom. The summed E-state index contributed by atoms with van der Waals surface area (Å²) in [5.74, 6) is -3.42. The van der Waals surface area contributed by atoms with Crippen LogP contribution in [0.2, 0.25) is 0 Å². The largest absolute Gasteiger partial charge is 0.389 e. The second-order valence-electron chi connectivity index (χ2n) is 10.2. The predicted octanol–water partition coefficient (Wildman–Crippen LogP) is 2.61. The fourth-order valence-corrected chi connectivity index (χ4v) is 4.80. The topological polar surface area (TPSA) is 104 Å². The third kappa shape index (κ3) is 4.16. The highest BCUT2D eigenvalue weighted by molar-refractivity contribution is 6.41. The van der Waals surface area contributed by atoms with Gasteiger partial charge in [-0.15, -0.1) is 0 Å². The van der Waals surface area contributed by atoms with E-state index in [4.69, 9.17) is 9.47 Å². The molecule has 7 nitrogen and oxygen atoms in total. The van der Waals surface area contributed by atoms with Crippen molar-refractivity contribution < 1.29 is 33.4 Å². The summed E-state index contributed by atoms with van der Waals surface area (Å²) in [4.78, 5) is 64.8. The molecule has 1 unspecified atom stereocenters. The van der Waals surface area contributed by atoms with E-state index in [1.54, 1.807) is 87.5 Å². The monoisotopic (exact) mass is 508 g/mol. The number of benzene rings is 2. The predicted molar refractivity (Wildman–Crippen MR) is 138 cm³/mol. The lowest BCUT2D eigenvalue weighted by Crippen LogP contribution is -2.40. The number of hydrogen-bond donors (Lipinski definition) is 0. The molecule has 0 aromatic heterocycles. The van der Waals surface area contributed by atoms with Gasteiger partial charge in [0.15, 0.2) is 5.78 Å². The van der Waals surface area contributed by atoms with Crippen molar-refractivity contribution in [1.29, 1.82) is 0 Å². The van der Waals surface area contributed by atoms with Gasteiger partial charge in [0, 0.05) is 22.8 Å². The van der Waals surface area contributed by atoms with Crippen LogP contribution in [-0.4, -0.2) is 29.7 Å². The first-order chi connectivity index (χ1) is 18.0. The number of fused-ring (bicyclic) bond motifs is 4. The Hall–Kier alpha value is -4.65. The number of esters is 4. The van der Waals surface area contributed by atoms with Crippen molar-refractivity contribution in [3.8, 4) is 0 Å². The summed E-state index contributed by atoms with van der Waals surface area (Å²) in [7, 11) is 0. The molecule has 38 heavy (non-hydrogen) atoms. The molecule has 7 heteroatoms. The average Bonchev–Trinajstić information content (AvgIpc) is 2.87. The van der Waals surface area contributed by atoms with Gasteiger partial charge in [0.25, 0.3) is 0 Å². The zero-order valence-electron chi connectivity index (χ0n) is 21.1. The SMILES string of the molecule is CC1(C)\C=C/C(C(=O)/C2=C/CC3=CC(C)(C(=O)OC3=O)c3ccccc32)=c2/cccc/c2=C\C(=O)OC1=O. The van der Waals surface area contributed by atoms with E-state index in [2.05, 4.69) is 0 Å². The summed E-state index contributed by atoms with van der Waals surface area (Å²) in [5, 5.41) is 0.875. The van der Waals surface area contributed by atoms with Crippen molar-refractivity contribution in [1.82, 2.24) is 0 Å². The standard InChI is InChI=1S/C31H24O7/c1-30(2)15-14-23(20-9-5-4-8-18(20)16-25(32)37-28(30)35)26(33)22-13-12-19-17-31(3,29(36)38-27(19)34)24-11-7-6-10-21(22)24/h4-11,13-17H,12H2,1-3H3/b15-14-,18-16+,22-13+,23-20+. The molecule has 0 radical (unpaired) electrons. The summed E-state index contributed by atoms with van der Waals surface area (Å²) >= 11 is 0. The minimum atomic E-state index is -1.26. The number of allylic oxidation sites excluding steroid dienone is 3. The minimum Gasteiger partial charge on any atom is -0.389 e. The molecular formula is C31H24O7. The van der Waals surface area contributed by atoms with E-state index in [1.807, 2.05) is 0 Å². The number of carbonyl (C=O) groups excluding carboxylic acids is 5. The number of ether oxygens (including phenoxy) is 2. The molecule has 2 aromatic rings. The number of Topliss-reactive ketones (excluding diaryl/α,β-unsaturated/α-hetero) is 1. The molecule has 3 aliphatic rings. The van der Waals surface area contributed by atoms with Crippen LogP contribution >= 0.6 is 0 Å². The molecule has 0 N–H and O–H groups in total. The Labute approximate surface area is 218 Å². The van der Waals surface area contributed by atoms with E-state index in [-0.39, 0.29) is 23.1 Å². The van der Waals surface area contributed by atoms with E-state index in [1.165, 1.54) is 12.2 Å². The van der Waals surface area contributed by atoms with Crippen molar-refractivity contribution in [2.45, 2.75) is 32.6 Å². The maximum atomic E-state index is 14.4. The van der Waals surface area contributed by atoms with Gasteiger partial charge in [-0.3, -0.25) is 14.4 Å². The first-order valence-electron chi connectivity index (χ1n) is 12.1. The minimum absolute atomic E-state index is 0.0815. The normalized spacial score (nSPS) is 26.9. The quantitative estimate of drug-likeness (QED) is 0.454. The summed E-state index contributed by atoms with van der Waals surface area (Å²) in [5.41, 5.74) is -0.596. The number of cyclic esters (lactones) is 4. The molecule has 2 heterocycles. The molecule has 2 bridgehead atoms. The van der Waals surface area contributed by atoms with Gasteiger partial charge in [-0.2, -0.15) is 0 Å². The average molecular weight is 509 g/mol. The van der Waals surface area contributed by atoms with E-state index in [9.17, 15) is 24.0 Å². The molecule has 5 rings (SSSR count). The van der Waals surface area contributed by atoms with Gasteiger partial charge in [-0.25, -0.2) is 9.59 Å². The zero-order chi connectivity index (χ0) is 27.2. The first kappa shape index (κ1) is 25.0. The molecule has 1 aliphatic carbocycles.